The summed E-state index contributed by atoms with van der Waals surface area (Å²) in [4.78, 5) is 52.2. The normalized spacial score (nSPS) is 13.7. The molecule has 0 saturated heterocycles. The number of rotatable bonds is 12. The van der Waals surface area contributed by atoms with Gasteiger partial charge in [0.25, 0.3) is 5.91 Å². The Labute approximate surface area is 287 Å². The molecular formula is C37H46N4O8. The lowest BCUT2D eigenvalue weighted by Gasteiger charge is -2.28. The Morgan fingerprint density at radius 1 is 0.612 bits per heavy atom. The number of carbonyl (C=O) groups is 4. The van der Waals surface area contributed by atoms with Gasteiger partial charge in [-0.3, -0.25) is 15.0 Å². The van der Waals surface area contributed by atoms with Gasteiger partial charge in [0, 0.05) is 5.92 Å². The van der Waals surface area contributed by atoms with Crippen LogP contribution in [-0.2, 0) is 35.1 Å². The lowest BCUT2D eigenvalue weighted by molar-refractivity contribution is -0.135. The molecule has 0 aliphatic heterocycles. The van der Waals surface area contributed by atoms with Gasteiger partial charge < -0.3 is 29.6 Å². The van der Waals surface area contributed by atoms with E-state index in [4.69, 9.17) is 18.9 Å². The van der Waals surface area contributed by atoms with E-state index in [-0.39, 0.29) is 32.3 Å². The van der Waals surface area contributed by atoms with Crippen molar-refractivity contribution in [1.82, 2.24) is 21.5 Å². The van der Waals surface area contributed by atoms with E-state index in [9.17, 15) is 19.2 Å². The number of hydrogen-bond donors (Lipinski definition) is 4. The highest BCUT2D eigenvalue weighted by atomic mass is 16.6. The smallest absolute Gasteiger partial charge is 0.426 e. The van der Waals surface area contributed by atoms with E-state index < -0.39 is 47.3 Å². The second-order valence-electron chi connectivity index (χ2n) is 13.6. The maximum absolute atomic E-state index is 13.6. The number of ether oxygens (including phenoxy) is 4. The molecule has 262 valence electrons. The number of amides is 4. The van der Waals surface area contributed by atoms with Crippen LogP contribution in [-0.4, -0.2) is 67.1 Å². The second-order valence-corrected chi connectivity index (χ2v) is 13.6. The van der Waals surface area contributed by atoms with Gasteiger partial charge in [-0.25, -0.2) is 15.0 Å². The lowest BCUT2D eigenvalue weighted by Crippen LogP contribution is -2.59. The fourth-order valence-electron chi connectivity index (χ4n) is 5.05. The summed E-state index contributed by atoms with van der Waals surface area (Å²) in [6.45, 7) is 10.4. The third kappa shape index (κ3) is 11.3. The zero-order valence-corrected chi connectivity index (χ0v) is 28.8. The molecule has 0 radical (unpaired) electrons. The molecule has 4 rings (SSSR count). The van der Waals surface area contributed by atoms with Crippen LogP contribution in [0, 0.1) is 0 Å². The summed E-state index contributed by atoms with van der Waals surface area (Å²) < 4.78 is 22.4. The van der Waals surface area contributed by atoms with E-state index in [1.54, 1.807) is 32.9 Å². The Kier molecular flexibility index (Phi) is 12.4. The molecule has 0 fully saturated rings. The zero-order valence-electron chi connectivity index (χ0n) is 28.8. The van der Waals surface area contributed by atoms with Crippen molar-refractivity contribution in [2.75, 3.05) is 19.8 Å². The minimum absolute atomic E-state index is 0.00710. The molecule has 0 saturated carbocycles. The van der Waals surface area contributed by atoms with Crippen LogP contribution in [0.4, 0.5) is 9.59 Å². The Bertz CT molecular complexity index is 1550. The van der Waals surface area contributed by atoms with Crippen molar-refractivity contribution in [3.63, 3.8) is 0 Å². The van der Waals surface area contributed by atoms with Crippen molar-refractivity contribution in [2.45, 2.75) is 77.4 Å². The molecule has 12 nitrogen and oxygen atoms in total. The Morgan fingerprint density at radius 2 is 1.12 bits per heavy atom. The van der Waals surface area contributed by atoms with E-state index in [0.717, 1.165) is 27.8 Å². The summed E-state index contributed by atoms with van der Waals surface area (Å²) in [5.74, 6) is -1.67. The average Bonchev–Trinajstić information content (AvgIpc) is 3.38. The first-order chi connectivity index (χ1) is 23.2. The standard InChI is InChI=1S/C37H46N4O8/c1-36(2,3)48-22-30(39-34(44)47-21-29-27-18-12-10-16-25(27)26-17-11-13-19-28(26)29)32(42)38-31(23-49-37(4,5)6)33(43)40-41-35(45)46-20-24-14-8-7-9-15-24/h7-19,29-31H,20-23H2,1-6H3,(H,38,42)(H,39,44)(H,40,43)(H,41,45)/t30-,31-/m0/s1. The van der Waals surface area contributed by atoms with Gasteiger partial charge in [0.15, 0.2) is 0 Å². The average molecular weight is 675 g/mol. The quantitative estimate of drug-likeness (QED) is 0.197. The van der Waals surface area contributed by atoms with Crippen LogP contribution in [0.15, 0.2) is 78.9 Å². The molecule has 3 aromatic carbocycles. The molecule has 12 heteroatoms. The molecule has 0 heterocycles. The largest absolute Gasteiger partial charge is 0.449 e. The zero-order chi connectivity index (χ0) is 35.6. The Morgan fingerprint density at radius 3 is 1.67 bits per heavy atom. The van der Waals surface area contributed by atoms with Crippen molar-refractivity contribution >= 4 is 24.0 Å². The fourth-order valence-corrected chi connectivity index (χ4v) is 5.05. The predicted molar refractivity (Wildman–Crippen MR) is 183 cm³/mol. The number of fused-ring (bicyclic) bond motifs is 3. The molecule has 0 unspecified atom stereocenters. The molecule has 0 spiro atoms. The van der Waals surface area contributed by atoms with Gasteiger partial charge in [-0.15, -0.1) is 0 Å². The van der Waals surface area contributed by atoms with E-state index in [1.165, 1.54) is 0 Å². The van der Waals surface area contributed by atoms with E-state index in [1.807, 2.05) is 87.5 Å². The number of hydrogen-bond acceptors (Lipinski definition) is 8. The van der Waals surface area contributed by atoms with Crippen LogP contribution in [0.3, 0.4) is 0 Å². The summed E-state index contributed by atoms with van der Waals surface area (Å²) in [7, 11) is 0. The summed E-state index contributed by atoms with van der Waals surface area (Å²) in [5, 5.41) is 5.22. The molecule has 1 aliphatic carbocycles. The number of hydrazine groups is 1. The minimum Gasteiger partial charge on any atom is -0.449 e. The van der Waals surface area contributed by atoms with Gasteiger partial charge in [-0.2, -0.15) is 0 Å². The van der Waals surface area contributed by atoms with Crippen LogP contribution >= 0.6 is 0 Å². The molecule has 4 amide bonds. The maximum atomic E-state index is 13.6. The summed E-state index contributed by atoms with van der Waals surface area (Å²) in [6.07, 6.45) is -1.72. The van der Waals surface area contributed by atoms with E-state index >= 15 is 0 Å². The van der Waals surface area contributed by atoms with Gasteiger partial charge in [-0.1, -0.05) is 78.9 Å². The van der Waals surface area contributed by atoms with Crippen molar-refractivity contribution in [1.29, 1.82) is 0 Å². The molecule has 2 atom stereocenters. The van der Waals surface area contributed by atoms with Gasteiger partial charge in [0.05, 0.1) is 24.4 Å². The highest BCUT2D eigenvalue weighted by Crippen LogP contribution is 2.44. The highest BCUT2D eigenvalue weighted by Gasteiger charge is 2.32. The third-order valence-corrected chi connectivity index (χ3v) is 7.45. The summed E-state index contributed by atoms with van der Waals surface area (Å²) >= 11 is 0. The Hall–Kier alpha value is -4.94. The number of carbonyl (C=O) groups excluding carboxylic acids is 4. The third-order valence-electron chi connectivity index (χ3n) is 7.45. The van der Waals surface area contributed by atoms with Crippen molar-refractivity contribution < 1.29 is 38.1 Å². The molecule has 3 aromatic rings. The number of alkyl carbamates (subject to hydrolysis) is 1. The lowest BCUT2D eigenvalue weighted by atomic mass is 9.98. The molecule has 0 bridgehead atoms. The SMILES string of the molecule is CC(C)(C)OC[C@H](NC(=O)OCC1c2ccccc2-c2ccccc21)C(=O)N[C@@H](COC(C)(C)C)C(=O)NNC(=O)OCc1ccccc1. The van der Waals surface area contributed by atoms with Crippen LogP contribution < -0.4 is 21.5 Å². The van der Waals surface area contributed by atoms with Gasteiger partial charge in [-0.05, 0) is 69.4 Å². The number of benzene rings is 3. The predicted octanol–water partition coefficient (Wildman–Crippen LogP) is 4.97. The molecular weight excluding hydrogens is 628 g/mol. The monoisotopic (exact) mass is 674 g/mol. The highest BCUT2D eigenvalue weighted by molar-refractivity contribution is 5.92. The number of nitrogens with one attached hydrogen (secondary N) is 4. The van der Waals surface area contributed by atoms with Crippen LogP contribution in [0.2, 0.25) is 0 Å². The van der Waals surface area contributed by atoms with Crippen LogP contribution in [0.1, 0.15) is 64.2 Å². The van der Waals surface area contributed by atoms with Crippen LogP contribution in [0.5, 0.6) is 0 Å². The maximum Gasteiger partial charge on any atom is 0.426 e. The van der Waals surface area contributed by atoms with E-state index in [2.05, 4.69) is 21.5 Å². The first-order valence-electron chi connectivity index (χ1n) is 16.2. The minimum atomic E-state index is -1.26. The fraction of sp³-hybridized carbons (Fsp3) is 0.405. The van der Waals surface area contributed by atoms with Crippen molar-refractivity contribution in [3.8, 4) is 11.1 Å². The molecule has 0 aromatic heterocycles. The molecule has 49 heavy (non-hydrogen) atoms. The van der Waals surface area contributed by atoms with Gasteiger partial charge in [0.2, 0.25) is 5.91 Å². The second kappa shape index (κ2) is 16.4. The summed E-state index contributed by atoms with van der Waals surface area (Å²) in [5.41, 5.74) is 8.19. The van der Waals surface area contributed by atoms with E-state index in [0.29, 0.717) is 0 Å². The first-order valence-corrected chi connectivity index (χ1v) is 16.2. The van der Waals surface area contributed by atoms with Gasteiger partial charge >= 0.3 is 12.2 Å². The van der Waals surface area contributed by atoms with Gasteiger partial charge in [0.1, 0.15) is 25.3 Å². The van der Waals surface area contributed by atoms with Crippen molar-refractivity contribution in [3.05, 3.63) is 95.6 Å². The van der Waals surface area contributed by atoms with Crippen molar-refractivity contribution in [2.24, 2.45) is 0 Å². The first kappa shape index (κ1) is 36.9. The molecule has 4 N–H and O–H groups in total. The van der Waals surface area contributed by atoms with Crippen LogP contribution in [0.25, 0.3) is 11.1 Å². The summed E-state index contributed by atoms with van der Waals surface area (Å²) in [6, 6.07) is 22.5. The topological polar surface area (TPSA) is 153 Å². The Balaban J connectivity index is 1.40. The molecule has 1 aliphatic rings.